The average molecular weight is 249 g/mol. The van der Waals surface area contributed by atoms with Crippen LogP contribution in [-0.2, 0) is 6.54 Å². The number of halogens is 1. The van der Waals surface area contributed by atoms with Crippen LogP contribution in [0.25, 0.3) is 0 Å². The molecular formula is C12H13ClN4. The first-order valence-corrected chi connectivity index (χ1v) is 6.08. The maximum absolute atomic E-state index is 6.24. The minimum Gasteiger partial charge on any atom is -0.366 e. The van der Waals surface area contributed by atoms with E-state index < -0.39 is 0 Å². The second-order valence-electron chi connectivity index (χ2n) is 4.27. The maximum Gasteiger partial charge on any atom is 0.239 e. The molecule has 0 fully saturated rings. The summed E-state index contributed by atoms with van der Waals surface area (Å²) in [5.41, 5.74) is 6.77. The van der Waals surface area contributed by atoms with E-state index in [0.29, 0.717) is 5.95 Å². The van der Waals surface area contributed by atoms with E-state index in [1.807, 2.05) is 28.9 Å². The third-order valence-electron chi connectivity index (χ3n) is 3.17. The van der Waals surface area contributed by atoms with Crippen LogP contribution in [-0.4, -0.2) is 14.8 Å². The largest absolute Gasteiger partial charge is 0.366 e. The fourth-order valence-corrected chi connectivity index (χ4v) is 2.69. The Morgan fingerprint density at radius 1 is 1.35 bits per heavy atom. The number of aryl methyl sites for hydroxylation is 1. The summed E-state index contributed by atoms with van der Waals surface area (Å²) in [5.74, 6) is 1.49. The van der Waals surface area contributed by atoms with Crippen LogP contribution in [0.3, 0.4) is 0 Å². The van der Waals surface area contributed by atoms with E-state index in [0.717, 1.165) is 35.8 Å². The maximum atomic E-state index is 6.24. The zero-order valence-corrected chi connectivity index (χ0v) is 10.1. The van der Waals surface area contributed by atoms with Gasteiger partial charge in [-0.2, -0.15) is 4.98 Å². The number of nitrogens with zero attached hydrogens (tertiary/aromatic N) is 3. The number of nitrogens with two attached hydrogens (primary N) is 1. The summed E-state index contributed by atoms with van der Waals surface area (Å²) in [6.45, 7) is 0.889. The number of anilines is 1. The number of rotatable bonds is 1. The molecule has 1 aromatic heterocycles. The van der Waals surface area contributed by atoms with E-state index in [2.05, 4.69) is 10.1 Å². The van der Waals surface area contributed by atoms with Crippen molar-refractivity contribution in [1.29, 1.82) is 0 Å². The lowest BCUT2D eigenvalue weighted by Crippen LogP contribution is -2.18. The molecule has 5 heteroatoms. The van der Waals surface area contributed by atoms with E-state index in [9.17, 15) is 0 Å². The van der Waals surface area contributed by atoms with Gasteiger partial charge in [-0.1, -0.05) is 29.8 Å². The molecule has 0 aliphatic carbocycles. The smallest absolute Gasteiger partial charge is 0.239 e. The van der Waals surface area contributed by atoms with Gasteiger partial charge in [-0.05, 0) is 24.5 Å². The van der Waals surface area contributed by atoms with Crippen molar-refractivity contribution >= 4 is 17.5 Å². The molecule has 2 aromatic rings. The summed E-state index contributed by atoms with van der Waals surface area (Å²) in [4.78, 5) is 4.32. The van der Waals surface area contributed by atoms with Crippen LogP contribution < -0.4 is 5.73 Å². The summed E-state index contributed by atoms with van der Waals surface area (Å²) >= 11 is 6.24. The number of nitrogen functional groups attached to an aromatic ring is 1. The first-order valence-electron chi connectivity index (χ1n) is 5.70. The van der Waals surface area contributed by atoms with E-state index in [-0.39, 0.29) is 5.92 Å². The Kier molecular flexibility index (Phi) is 2.52. The van der Waals surface area contributed by atoms with Crippen LogP contribution >= 0.6 is 11.6 Å². The quantitative estimate of drug-likeness (QED) is 0.843. The van der Waals surface area contributed by atoms with Crippen molar-refractivity contribution in [2.75, 3.05) is 5.73 Å². The summed E-state index contributed by atoms with van der Waals surface area (Å²) < 4.78 is 1.90. The Morgan fingerprint density at radius 2 is 2.18 bits per heavy atom. The average Bonchev–Trinajstić information content (AvgIpc) is 2.70. The first-order chi connectivity index (χ1) is 8.25. The normalized spacial score (nSPS) is 19.0. The summed E-state index contributed by atoms with van der Waals surface area (Å²) in [5, 5.41) is 4.98. The Balaban J connectivity index is 2.09. The van der Waals surface area contributed by atoms with Gasteiger partial charge in [0.1, 0.15) is 5.82 Å². The number of fused-ring (bicyclic) bond motifs is 1. The van der Waals surface area contributed by atoms with Crippen LogP contribution in [0.4, 0.5) is 5.95 Å². The van der Waals surface area contributed by atoms with Crippen LogP contribution in [0.2, 0.25) is 5.02 Å². The van der Waals surface area contributed by atoms with Gasteiger partial charge in [0, 0.05) is 17.5 Å². The summed E-state index contributed by atoms with van der Waals surface area (Å²) in [7, 11) is 0. The molecule has 1 atom stereocenters. The molecule has 0 radical (unpaired) electrons. The second-order valence-corrected chi connectivity index (χ2v) is 4.67. The molecule has 3 rings (SSSR count). The Labute approximate surface area is 104 Å². The van der Waals surface area contributed by atoms with Crippen LogP contribution in [0.1, 0.15) is 30.1 Å². The monoisotopic (exact) mass is 248 g/mol. The third kappa shape index (κ3) is 1.78. The molecule has 0 amide bonds. The van der Waals surface area contributed by atoms with Gasteiger partial charge in [-0.15, -0.1) is 5.10 Å². The third-order valence-corrected chi connectivity index (χ3v) is 3.52. The minimum atomic E-state index is 0.210. The molecule has 0 saturated carbocycles. The molecule has 88 valence electrons. The van der Waals surface area contributed by atoms with Crippen LogP contribution in [0.15, 0.2) is 24.3 Å². The molecule has 2 N–H and O–H groups in total. The molecule has 4 nitrogen and oxygen atoms in total. The van der Waals surface area contributed by atoms with Gasteiger partial charge in [-0.3, -0.25) is 0 Å². The molecule has 1 aliphatic rings. The Bertz CT molecular complexity index is 549. The number of aromatic nitrogens is 3. The second kappa shape index (κ2) is 4.04. The lowest BCUT2D eigenvalue weighted by molar-refractivity contribution is 0.446. The van der Waals surface area contributed by atoms with E-state index in [4.69, 9.17) is 17.3 Å². The van der Waals surface area contributed by atoms with Crippen molar-refractivity contribution in [3.8, 4) is 0 Å². The lowest BCUT2D eigenvalue weighted by Gasteiger charge is -2.23. The predicted octanol–water partition coefficient (Wildman–Crippen LogP) is 2.44. The molecular weight excluding hydrogens is 236 g/mol. The molecule has 0 bridgehead atoms. The summed E-state index contributed by atoms with van der Waals surface area (Å²) in [6.07, 6.45) is 2.12. The standard InChI is InChI=1S/C12H13ClN4/c13-10-6-2-1-4-8(10)9-5-3-7-17-11(9)15-12(14)16-17/h1-2,4,6,9H,3,5,7H2,(H2,14,16). The predicted molar refractivity (Wildman–Crippen MR) is 67.0 cm³/mol. The zero-order chi connectivity index (χ0) is 11.8. The topological polar surface area (TPSA) is 56.7 Å². The van der Waals surface area contributed by atoms with E-state index in [1.54, 1.807) is 0 Å². The van der Waals surface area contributed by atoms with Gasteiger partial charge in [0.25, 0.3) is 0 Å². The van der Waals surface area contributed by atoms with Gasteiger partial charge in [0.05, 0.1) is 0 Å². The fraction of sp³-hybridized carbons (Fsp3) is 0.333. The zero-order valence-electron chi connectivity index (χ0n) is 9.31. The first kappa shape index (κ1) is 10.6. The molecule has 0 saturated heterocycles. The van der Waals surface area contributed by atoms with E-state index >= 15 is 0 Å². The van der Waals surface area contributed by atoms with E-state index in [1.165, 1.54) is 0 Å². The molecule has 0 spiro atoms. The number of hydrogen-bond acceptors (Lipinski definition) is 3. The molecule has 1 aromatic carbocycles. The van der Waals surface area contributed by atoms with Gasteiger partial charge in [0.2, 0.25) is 5.95 Å². The fourth-order valence-electron chi connectivity index (χ4n) is 2.42. The van der Waals surface area contributed by atoms with Crippen LogP contribution in [0, 0.1) is 0 Å². The number of benzene rings is 1. The highest BCUT2D eigenvalue weighted by Gasteiger charge is 2.26. The number of hydrogen-bond donors (Lipinski definition) is 1. The van der Waals surface area contributed by atoms with Crippen molar-refractivity contribution < 1.29 is 0 Å². The van der Waals surface area contributed by atoms with Gasteiger partial charge in [0.15, 0.2) is 0 Å². The highest BCUT2D eigenvalue weighted by atomic mass is 35.5. The van der Waals surface area contributed by atoms with Crippen molar-refractivity contribution in [3.63, 3.8) is 0 Å². The SMILES string of the molecule is Nc1nc2n(n1)CCCC2c1ccccc1Cl. The Morgan fingerprint density at radius 3 is 3.00 bits per heavy atom. The molecule has 2 heterocycles. The van der Waals surface area contributed by atoms with Crippen molar-refractivity contribution in [3.05, 3.63) is 40.7 Å². The van der Waals surface area contributed by atoms with Gasteiger partial charge in [-0.25, -0.2) is 4.68 Å². The molecule has 17 heavy (non-hydrogen) atoms. The summed E-state index contributed by atoms with van der Waals surface area (Å²) in [6, 6.07) is 7.90. The molecule has 1 unspecified atom stereocenters. The highest BCUT2D eigenvalue weighted by Crippen LogP contribution is 2.35. The highest BCUT2D eigenvalue weighted by molar-refractivity contribution is 6.31. The van der Waals surface area contributed by atoms with Crippen LogP contribution in [0.5, 0.6) is 0 Å². The molecule has 1 aliphatic heterocycles. The van der Waals surface area contributed by atoms with Crippen molar-refractivity contribution in [2.45, 2.75) is 25.3 Å². The lowest BCUT2D eigenvalue weighted by atomic mass is 9.91. The van der Waals surface area contributed by atoms with Gasteiger partial charge >= 0.3 is 0 Å². The minimum absolute atomic E-state index is 0.210. The van der Waals surface area contributed by atoms with Crippen molar-refractivity contribution in [2.24, 2.45) is 0 Å². The van der Waals surface area contributed by atoms with Gasteiger partial charge < -0.3 is 5.73 Å². The Hall–Kier alpha value is -1.55. The van der Waals surface area contributed by atoms with Crippen molar-refractivity contribution in [1.82, 2.24) is 14.8 Å².